The van der Waals surface area contributed by atoms with Crippen LogP contribution in [0.2, 0.25) is 0 Å². The molecule has 2 rings (SSSR count). The molecule has 0 aromatic heterocycles. The minimum Gasteiger partial charge on any atom is -0.491 e. The van der Waals surface area contributed by atoms with Crippen LogP contribution in [0.25, 0.3) is 0 Å². The third-order valence-corrected chi connectivity index (χ3v) is 3.29. The number of carbonyl (C=O) groups excluding carboxylic acids is 1. The van der Waals surface area contributed by atoms with Crippen LogP contribution < -0.4 is 15.4 Å². The van der Waals surface area contributed by atoms with Crippen molar-refractivity contribution in [2.24, 2.45) is 0 Å². The molecule has 0 aliphatic heterocycles. The van der Waals surface area contributed by atoms with Gasteiger partial charge in [-0.3, -0.25) is 4.79 Å². The Morgan fingerprint density at radius 2 is 1.70 bits per heavy atom. The predicted molar refractivity (Wildman–Crippen MR) is 93.7 cm³/mol. The van der Waals surface area contributed by atoms with Crippen molar-refractivity contribution in [1.29, 1.82) is 0 Å². The Balaban J connectivity index is 1.74. The summed E-state index contributed by atoms with van der Waals surface area (Å²) in [6.45, 7) is 6.82. The van der Waals surface area contributed by atoms with E-state index < -0.39 is 0 Å². The van der Waals surface area contributed by atoms with Crippen LogP contribution in [0.3, 0.4) is 0 Å². The van der Waals surface area contributed by atoms with Gasteiger partial charge in [0.25, 0.3) is 0 Å². The third-order valence-electron chi connectivity index (χ3n) is 3.29. The first-order valence-corrected chi connectivity index (χ1v) is 7.86. The van der Waals surface area contributed by atoms with Gasteiger partial charge in [-0.15, -0.1) is 0 Å². The van der Waals surface area contributed by atoms with Crippen molar-refractivity contribution < 1.29 is 9.53 Å². The van der Waals surface area contributed by atoms with Crippen LogP contribution >= 0.6 is 0 Å². The molecule has 0 bridgehead atoms. The normalized spacial score (nSPS) is 10.4. The summed E-state index contributed by atoms with van der Waals surface area (Å²) in [5.41, 5.74) is 3.21. The van der Waals surface area contributed by atoms with Crippen LogP contribution in [-0.2, 0) is 11.3 Å². The lowest BCUT2D eigenvalue weighted by atomic mass is 10.1. The quantitative estimate of drug-likeness (QED) is 0.822. The molecule has 0 unspecified atom stereocenters. The molecule has 2 aromatic carbocycles. The summed E-state index contributed by atoms with van der Waals surface area (Å²) in [4.78, 5) is 11.9. The fourth-order valence-electron chi connectivity index (χ4n) is 2.07. The molecule has 0 aliphatic carbocycles. The van der Waals surface area contributed by atoms with Crippen LogP contribution in [0.15, 0.2) is 48.5 Å². The van der Waals surface area contributed by atoms with Gasteiger partial charge in [-0.2, -0.15) is 0 Å². The zero-order valence-corrected chi connectivity index (χ0v) is 13.9. The van der Waals surface area contributed by atoms with Crippen LogP contribution in [0, 0.1) is 6.92 Å². The summed E-state index contributed by atoms with van der Waals surface area (Å²) in [6, 6.07) is 15.7. The minimum absolute atomic E-state index is 0.0342. The summed E-state index contributed by atoms with van der Waals surface area (Å²) < 4.78 is 5.58. The maximum atomic E-state index is 11.9. The van der Waals surface area contributed by atoms with Gasteiger partial charge in [-0.25, -0.2) is 0 Å². The molecule has 1 amide bonds. The highest BCUT2D eigenvalue weighted by Gasteiger charge is 2.02. The predicted octanol–water partition coefficient (Wildman–Crippen LogP) is 3.51. The van der Waals surface area contributed by atoms with E-state index in [1.807, 2.05) is 69.3 Å². The maximum Gasteiger partial charge on any atom is 0.239 e. The van der Waals surface area contributed by atoms with Gasteiger partial charge in [0.1, 0.15) is 5.75 Å². The van der Waals surface area contributed by atoms with E-state index in [2.05, 4.69) is 10.6 Å². The van der Waals surface area contributed by atoms with Gasteiger partial charge in [0.2, 0.25) is 5.91 Å². The first-order valence-electron chi connectivity index (χ1n) is 7.86. The van der Waals surface area contributed by atoms with E-state index in [1.54, 1.807) is 0 Å². The Morgan fingerprint density at radius 3 is 2.30 bits per heavy atom. The fourth-order valence-corrected chi connectivity index (χ4v) is 2.07. The number of benzene rings is 2. The van der Waals surface area contributed by atoms with Crippen LogP contribution in [0.5, 0.6) is 5.75 Å². The molecular formula is C19H24N2O2. The Hall–Kier alpha value is -2.49. The summed E-state index contributed by atoms with van der Waals surface area (Å²) in [6.07, 6.45) is 0.154. The molecule has 23 heavy (non-hydrogen) atoms. The molecule has 0 heterocycles. The van der Waals surface area contributed by atoms with Crippen molar-refractivity contribution in [3.8, 4) is 5.75 Å². The van der Waals surface area contributed by atoms with Gasteiger partial charge in [-0.05, 0) is 50.6 Å². The molecular weight excluding hydrogens is 288 g/mol. The van der Waals surface area contributed by atoms with Crippen molar-refractivity contribution in [1.82, 2.24) is 5.32 Å². The van der Waals surface area contributed by atoms with Gasteiger partial charge < -0.3 is 15.4 Å². The average Bonchev–Trinajstić information content (AvgIpc) is 2.53. The maximum absolute atomic E-state index is 11.9. The standard InChI is InChI=1S/C19H24N2O2/c1-14(2)23-18-10-8-17(9-11-18)20-13-19(22)21-12-16-6-4-15(3)5-7-16/h4-11,14,20H,12-13H2,1-3H3,(H,21,22). The fraction of sp³-hybridized carbons (Fsp3) is 0.316. The summed E-state index contributed by atoms with van der Waals surface area (Å²) >= 11 is 0. The first-order chi connectivity index (χ1) is 11.0. The number of rotatable bonds is 7. The molecule has 0 fully saturated rings. The molecule has 2 N–H and O–H groups in total. The SMILES string of the molecule is Cc1ccc(CNC(=O)CNc2ccc(OC(C)C)cc2)cc1. The second-order valence-corrected chi connectivity index (χ2v) is 5.81. The molecule has 0 saturated heterocycles. The molecule has 0 spiro atoms. The molecule has 0 aliphatic rings. The van der Waals surface area contributed by atoms with Gasteiger partial charge >= 0.3 is 0 Å². The number of aryl methyl sites for hydroxylation is 1. The smallest absolute Gasteiger partial charge is 0.239 e. The lowest BCUT2D eigenvalue weighted by Gasteiger charge is -2.11. The van der Waals surface area contributed by atoms with Crippen molar-refractivity contribution in [3.63, 3.8) is 0 Å². The lowest BCUT2D eigenvalue weighted by Crippen LogP contribution is -2.29. The molecule has 0 atom stereocenters. The largest absolute Gasteiger partial charge is 0.491 e. The van der Waals surface area contributed by atoms with E-state index in [4.69, 9.17) is 4.74 Å². The van der Waals surface area contributed by atoms with E-state index in [1.165, 1.54) is 5.56 Å². The number of hydrogen-bond donors (Lipinski definition) is 2. The molecule has 2 aromatic rings. The van der Waals surface area contributed by atoms with Crippen LogP contribution in [-0.4, -0.2) is 18.6 Å². The van der Waals surface area contributed by atoms with Crippen molar-refractivity contribution in [2.45, 2.75) is 33.4 Å². The zero-order valence-electron chi connectivity index (χ0n) is 13.9. The number of ether oxygens (including phenoxy) is 1. The molecule has 4 nitrogen and oxygen atoms in total. The highest BCUT2D eigenvalue weighted by atomic mass is 16.5. The number of nitrogens with one attached hydrogen (secondary N) is 2. The number of hydrogen-bond acceptors (Lipinski definition) is 3. The highest BCUT2D eigenvalue weighted by Crippen LogP contribution is 2.16. The van der Waals surface area contributed by atoms with E-state index in [0.29, 0.717) is 6.54 Å². The third kappa shape index (κ3) is 6.02. The number of carbonyl (C=O) groups is 1. The second kappa shape index (κ2) is 8.22. The lowest BCUT2D eigenvalue weighted by molar-refractivity contribution is -0.119. The van der Waals surface area contributed by atoms with Gasteiger partial charge in [0, 0.05) is 12.2 Å². The average molecular weight is 312 g/mol. The summed E-state index contributed by atoms with van der Waals surface area (Å²) in [5.74, 6) is 0.794. The van der Waals surface area contributed by atoms with Crippen molar-refractivity contribution in [3.05, 3.63) is 59.7 Å². The van der Waals surface area contributed by atoms with E-state index in [9.17, 15) is 4.79 Å². The van der Waals surface area contributed by atoms with E-state index in [-0.39, 0.29) is 18.6 Å². The Bertz CT molecular complexity index is 619. The summed E-state index contributed by atoms with van der Waals surface area (Å²) in [5, 5.41) is 6.00. The Morgan fingerprint density at radius 1 is 1.04 bits per heavy atom. The van der Waals surface area contributed by atoms with Gasteiger partial charge in [0.05, 0.1) is 12.6 Å². The molecule has 0 saturated carbocycles. The zero-order chi connectivity index (χ0) is 16.7. The molecule has 4 heteroatoms. The van der Waals surface area contributed by atoms with Gasteiger partial charge in [0.15, 0.2) is 0 Å². The first kappa shape index (κ1) is 16.9. The van der Waals surface area contributed by atoms with Crippen molar-refractivity contribution >= 4 is 11.6 Å². The van der Waals surface area contributed by atoms with E-state index >= 15 is 0 Å². The Labute approximate surface area is 137 Å². The van der Waals surface area contributed by atoms with Crippen LogP contribution in [0.1, 0.15) is 25.0 Å². The molecule has 0 radical (unpaired) electrons. The monoisotopic (exact) mass is 312 g/mol. The van der Waals surface area contributed by atoms with Crippen molar-refractivity contribution in [2.75, 3.05) is 11.9 Å². The van der Waals surface area contributed by atoms with E-state index in [0.717, 1.165) is 17.0 Å². The Kier molecular flexibility index (Phi) is 6.03. The highest BCUT2D eigenvalue weighted by molar-refractivity contribution is 5.80. The second-order valence-electron chi connectivity index (χ2n) is 5.81. The summed E-state index contributed by atoms with van der Waals surface area (Å²) in [7, 11) is 0. The topological polar surface area (TPSA) is 50.4 Å². The molecule has 122 valence electrons. The number of anilines is 1. The van der Waals surface area contributed by atoms with Gasteiger partial charge in [-0.1, -0.05) is 29.8 Å². The minimum atomic E-state index is -0.0342. The number of amides is 1. The van der Waals surface area contributed by atoms with Crippen LogP contribution in [0.4, 0.5) is 5.69 Å².